The van der Waals surface area contributed by atoms with Gasteiger partial charge in [0.05, 0.1) is 17.5 Å². The summed E-state index contributed by atoms with van der Waals surface area (Å²) in [4.78, 5) is 16.6. The number of carbonyl (C=O) groups excluding carboxylic acids is 1. The van der Waals surface area contributed by atoms with Crippen LogP contribution in [0.3, 0.4) is 0 Å². The standard InChI is InChI=1S/C19H20N4OS/c1-15(25-14-16-7-3-2-4-8-16)19(24)21-18-10-12-23(22-18)13-17-9-5-6-11-20-17/h2-12,15H,13-14H2,1H3,(H,21,22,24)/t15-/m0/s1. The molecule has 6 heteroatoms. The Morgan fingerprint density at radius 1 is 1.16 bits per heavy atom. The first kappa shape index (κ1) is 17.2. The van der Waals surface area contributed by atoms with Crippen molar-refractivity contribution in [1.82, 2.24) is 14.8 Å². The molecule has 1 N–H and O–H groups in total. The molecule has 0 spiro atoms. The van der Waals surface area contributed by atoms with Crippen molar-refractivity contribution in [2.24, 2.45) is 0 Å². The molecule has 0 fully saturated rings. The number of pyridine rings is 1. The van der Waals surface area contributed by atoms with E-state index in [1.807, 2.05) is 49.5 Å². The second-order valence-corrected chi connectivity index (χ2v) is 6.98. The Labute approximate surface area is 151 Å². The topological polar surface area (TPSA) is 59.8 Å². The van der Waals surface area contributed by atoms with Gasteiger partial charge in [0.2, 0.25) is 5.91 Å². The molecule has 1 amide bonds. The number of hydrogen-bond donors (Lipinski definition) is 1. The molecule has 25 heavy (non-hydrogen) atoms. The van der Waals surface area contributed by atoms with Crippen LogP contribution in [0.25, 0.3) is 0 Å². The van der Waals surface area contributed by atoms with Crippen LogP contribution in [0.5, 0.6) is 0 Å². The van der Waals surface area contributed by atoms with Gasteiger partial charge >= 0.3 is 0 Å². The van der Waals surface area contributed by atoms with Gasteiger partial charge in [0.1, 0.15) is 0 Å². The monoisotopic (exact) mass is 352 g/mol. The largest absolute Gasteiger partial charge is 0.308 e. The second-order valence-electron chi connectivity index (χ2n) is 5.65. The quantitative estimate of drug-likeness (QED) is 0.706. The molecule has 2 aromatic heterocycles. The predicted molar refractivity (Wildman–Crippen MR) is 101 cm³/mol. The average molecular weight is 352 g/mol. The lowest BCUT2D eigenvalue weighted by Gasteiger charge is -2.10. The first-order valence-corrected chi connectivity index (χ1v) is 9.15. The van der Waals surface area contributed by atoms with E-state index in [9.17, 15) is 4.79 Å². The zero-order valence-corrected chi connectivity index (χ0v) is 14.8. The zero-order valence-electron chi connectivity index (χ0n) is 14.0. The molecule has 0 saturated heterocycles. The maximum atomic E-state index is 12.3. The summed E-state index contributed by atoms with van der Waals surface area (Å²) in [5.41, 5.74) is 2.14. The van der Waals surface area contributed by atoms with Gasteiger partial charge in [-0.25, -0.2) is 0 Å². The molecule has 0 aliphatic heterocycles. The molecule has 0 aliphatic carbocycles. The number of rotatable bonds is 7. The molecule has 0 unspecified atom stereocenters. The number of nitrogens with one attached hydrogen (secondary N) is 1. The van der Waals surface area contributed by atoms with E-state index >= 15 is 0 Å². The number of amides is 1. The fourth-order valence-corrected chi connectivity index (χ4v) is 3.12. The van der Waals surface area contributed by atoms with Crippen molar-refractivity contribution >= 4 is 23.5 Å². The van der Waals surface area contributed by atoms with Crippen LogP contribution in [0.2, 0.25) is 0 Å². The molecule has 0 aliphatic rings. The van der Waals surface area contributed by atoms with Crippen molar-refractivity contribution in [3.8, 4) is 0 Å². The maximum absolute atomic E-state index is 12.3. The van der Waals surface area contributed by atoms with E-state index in [0.717, 1.165) is 11.4 Å². The van der Waals surface area contributed by atoms with E-state index in [1.54, 1.807) is 28.7 Å². The molecule has 0 saturated carbocycles. The van der Waals surface area contributed by atoms with Crippen LogP contribution in [-0.2, 0) is 17.1 Å². The van der Waals surface area contributed by atoms with Crippen molar-refractivity contribution in [3.05, 3.63) is 78.2 Å². The minimum atomic E-state index is -0.152. The third kappa shape index (κ3) is 5.19. The Morgan fingerprint density at radius 2 is 1.96 bits per heavy atom. The highest BCUT2D eigenvalue weighted by molar-refractivity contribution is 7.99. The first-order valence-electron chi connectivity index (χ1n) is 8.10. The number of thioether (sulfide) groups is 1. The van der Waals surface area contributed by atoms with E-state index in [1.165, 1.54) is 5.56 Å². The van der Waals surface area contributed by atoms with Gasteiger partial charge in [-0.05, 0) is 24.6 Å². The first-order chi connectivity index (χ1) is 12.2. The minimum absolute atomic E-state index is 0.0379. The number of anilines is 1. The Bertz CT molecular complexity index is 805. The summed E-state index contributed by atoms with van der Waals surface area (Å²) >= 11 is 1.61. The SMILES string of the molecule is C[C@H](SCc1ccccc1)C(=O)Nc1ccn(Cc2ccccn2)n1. The van der Waals surface area contributed by atoms with Crippen LogP contribution < -0.4 is 5.32 Å². The molecular formula is C19H20N4OS. The summed E-state index contributed by atoms with van der Waals surface area (Å²) in [6.45, 7) is 2.49. The normalized spacial score (nSPS) is 11.9. The number of carbonyl (C=O) groups is 1. The van der Waals surface area contributed by atoms with Crippen LogP contribution in [0.4, 0.5) is 5.82 Å². The van der Waals surface area contributed by atoms with Gasteiger partial charge in [-0.1, -0.05) is 36.4 Å². The molecule has 1 atom stereocenters. The van der Waals surface area contributed by atoms with Gasteiger partial charge in [0.15, 0.2) is 5.82 Å². The number of aromatic nitrogens is 3. The lowest BCUT2D eigenvalue weighted by atomic mass is 10.2. The summed E-state index contributed by atoms with van der Waals surface area (Å²) < 4.78 is 1.76. The van der Waals surface area contributed by atoms with E-state index in [0.29, 0.717) is 12.4 Å². The smallest absolute Gasteiger partial charge is 0.238 e. The third-order valence-corrected chi connectivity index (χ3v) is 4.87. The van der Waals surface area contributed by atoms with Gasteiger partial charge in [0.25, 0.3) is 0 Å². The van der Waals surface area contributed by atoms with Crippen molar-refractivity contribution in [3.63, 3.8) is 0 Å². The van der Waals surface area contributed by atoms with Crippen LogP contribution in [0, 0.1) is 0 Å². The van der Waals surface area contributed by atoms with Gasteiger partial charge < -0.3 is 5.32 Å². The molecule has 1 aromatic carbocycles. The van der Waals surface area contributed by atoms with Crippen molar-refractivity contribution in [1.29, 1.82) is 0 Å². The summed E-state index contributed by atoms with van der Waals surface area (Å²) in [5, 5.41) is 7.10. The molecule has 128 valence electrons. The maximum Gasteiger partial charge on any atom is 0.238 e. The Balaban J connectivity index is 1.50. The van der Waals surface area contributed by atoms with Crippen LogP contribution in [0.15, 0.2) is 67.0 Å². The molecule has 3 rings (SSSR count). The fraction of sp³-hybridized carbons (Fsp3) is 0.211. The number of hydrogen-bond acceptors (Lipinski definition) is 4. The van der Waals surface area contributed by atoms with E-state index < -0.39 is 0 Å². The van der Waals surface area contributed by atoms with Gasteiger partial charge in [-0.15, -0.1) is 11.8 Å². The minimum Gasteiger partial charge on any atom is -0.308 e. The van der Waals surface area contributed by atoms with Crippen LogP contribution in [-0.4, -0.2) is 25.9 Å². The molecule has 0 radical (unpaired) electrons. The Kier molecular flexibility index (Phi) is 5.85. The highest BCUT2D eigenvalue weighted by Crippen LogP contribution is 2.18. The van der Waals surface area contributed by atoms with E-state index in [-0.39, 0.29) is 11.2 Å². The van der Waals surface area contributed by atoms with Crippen molar-refractivity contribution in [2.75, 3.05) is 5.32 Å². The summed E-state index contributed by atoms with van der Waals surface area (Å²) in [6, 6.07) is 17.7. The van der Waals surface area contributed by atoms with Crippen LogP contribution in [0.1, 0.15) is 18.2 Å². The molecule has 5 nitrogen and oxygen atoms in total. The highest BCUT2D eigenvalue weighted by atomic mass is 32.2. The average Bonchev–Trinajstić information content (AvgIpc) is 3.08. The number of benzene rings is 1. The highest BCUT2D eigenvalue weighted by Gasteiger charge is 2.14. The summed E-state index contributed by atoms with van der Waals surface area (Å²) in [5.74, 6) is 1.33. The third-order valence-electron chi connectivity index (χ3n) is 3.65. The van der Waals surface area contributed by atoms with E-state index in [2.05, 4.69) is 27.5 Å². The zero-order chi connectivity index (χ0) is 17.5. The Morgan fingerprint density at radius 3 is 2.72 bits per heavy atom. The predicted octanol–water partition coefficient (Wildman–Crippen LogP) is 3.59. The second kappa shape index (κ2) is 8.48. The molecule has 0 bridgehead atoms. The summed E-state index contributed by atoms with van der Waals surface area (Å²) in [6.07, 6.45) is 3.60. The molecule has 2 heterocycles. The van der Waals surface area contributed by atoms with Crippen molar-refractivity contribution in [2.45, 2.75) is 24.5 Å². The Hall–Kier alpha value is -2.60. The number of nitrogens with zero attached hydrogens (tertiary/aromatic N) is 3. The van der Waals surface area contributed by atoms with Crippen molar-refractivity contribution < 1.29 is 4.79 Å². The lowest BCUT2D eigenvalue weighted by Crippen LogP contribution is -2.23. The van der Waals surface area contributed by atoms with Crippen LogP contribution >= 0.6 is 11.8 Å². The summed E-state index contributed by atoms with van der Waals surface area (Å²) in [7, 11) is 0. The van der Waals surface area contributed by atoms with Gasteiger partial charge in [0, 0.05) is 24.2 Å². The fourth-order valence-electron chi connectivity index (χ4n) is 2.27. The lowest BCUT2D eigenvalue weighted by molar-refractivity contribution is -0.115. The molecule has 3 aromatic rings. The van der Waals surface area contributed by atoms with Gasteiger partial charge in [-0.2, -0.15) is 5.10 Å². The molecular weight excluding hydrogens is 332 g/mol. The van der Waals surface area contributed by atoms with E-state index in [4.69, 9.17) is 0 Å². The van der Waals surface area contributed by atoms with Gasteiger partial charge in [-0.3, -0.25) is 14.5 Å².